The molecule has 1 heterocycles. The Morgan fingerprint density at radius 3 is 2.67 bits per heavy atom. The van der Waals surface area contributed by atoms with Crippen LogP contribution in [0, 0.1) is 0 Å². The van der Waals surface area contributed by atoms with Crippen LogP contribution in [0.2, 0.25) is 0 Å². The molecular formula is C5H4O. The van der Waals surface area contributed by atoms with Crippen LogP contribution in [0.3, 0.4) is 0 Å². The molecule has 0 aromatic carbocycles. The summed E-state index contributed by atoms with van der Waals surface area (Å²) in [5.41, 5.74) is 5.36. The third-order valence-corrected chi connectivity index (χ3v) is 0.507. The molecular weight excluding hydrogens is 76.1 g/mol. The first-order chi connectivity index (χ1) is 3.00. The maximum absolute atomic E-state index is 4.72. The second kappa shape index (κ2) is 1.51. The van der Waals surface area contributed by atoms with Crippen molar-refractivity contribution in [3.8, 4) is 0 Å². The van der Waals surface area contributed by atoms with Crippen molar-refractivity contribution in [2.75, 3.05) is 6.61 Å². The Balaban J connectivity index is 2.88. The average Bonchev–Trinajstić information content (AvgIpc) is 1.72. The third kappa shape index (κ3) is 0.526. The number of rotatable bonds is 0. The van der Waals surface area contributed by atoms with E-state index in [0.717, 1.165) is 0 Å². The van der Waals surface area contributed by atoms with Crippen LogP contribution in [0.25, 0.3) is 0 Å². The number of hydrogen-bond acceptors (Lipinski definition) is 1. The number of ether oxygens (including phenoxy) is 1. The third-order valence-electron chi connectivity index (χ3n) is 0.507. The van der Waals surface area contributed by atoms with Gasteiger partial charge in [-0.15, -0.1) is 0 Å². The standard InChI is InChI=1S/C5H4O/c1-2-4-6-5-3-1/h2,5H,4H2. The van der Waals surface area contributed by atoms with Gasteiger partial charge in [-0.3, -0.25) is 0 Å². The largest absolute Gasteiger partial charge is 0.488 e. The Bertz CT molecular complexity index is 107. The summed E-state index contributed by atoms with van der Waals surface area (Å²) in [5, 5.41) is 0. The molecule has 0 amide bonds. The Kier molecular flexibility index (Phi) is 0.832. The Labute approximate surface area is 36.2 Å². The van der Waals surface area contributed by atoms with Gasteiger partial charge < -0.3 is 4.74 Å². The molecule has 1 nitrogen and oxygen atoms in total. The summed E-state index contributed by atoms with van der Waals surface area (Å²) >= 11 is 0. The zero-order chi connectivity index (χ0) is 4.24. The smallest absolute Gasteiger partial charge is 0.134 e. The summed E-state index contributed by atoms with van der Waals surface area (Å²) in [6, 6.07) is 0. The molecule has 1 aliphatic rings. The maximum atomic E-state index is 4.72. The van der Waals surface area contributed by atoms with E-state index in [2.05, 4.69) is 11.5 Å². The van der Waals surface area contributed by atoms with Crippen LogP contribution in [0.4, 0.5) is 0 Å². The van der Waals surface area contributed by atoms with Crippen LogP contribution in [0.1, 0.15) is 0 Å². The van der Waals surface area contributed by atoms with E-state index < -0.39 is 0 Å². The fraction of sp³-hybridized carbons (Fsp3) is 0.200. The van der Waals surface area contributed by atoms with Gasteiger partial charge in [0.2, 0.25) is 0 Å². The minimum atomic E-state index is 0.646. The zero-order valence-corrected chi connectivity index (χ0v) is 3.27. The van der Waals surface area contributed by atoms with Crippen molar-refractivity contribution in [2.24, 2.45) is 0 Å². The second-order valence-corrected chi connectivity index (χ2v) is 0.944. The molecule has 0 N–H and O–H groups in total. The molecule has 0 radical (unpaired) electrons. The minimum Gasteiger partial charge on any atom is -0.488 e. The first kappa shape index (κ1) is 3.30. The molecule has 0 aromatic rings. The fourth-order valence-corrected chi connectivity index (χ4v) is 0.273. The summed E-state index contributed by atoms with van der Waals surface area (Å²) in [7, 11) is 0. The van der Waals surface area contributed by atoms with Crippen LogP contribution in [0.15, 0.2) is 23.8 Å². The Hall–Kier alpha value is -0.900. The molecule has 0 saturated carbocycles. The van der Waals surface area contributed by atoms with E-state index in [9.17, 15) is 0 Å². The molecule has 30 valence electrons. The van der Waals surface area contributed by atoms with Gasteiger partial charge in [-0.2, -0.15) is 0 Å². The predicted octanol–water partition coefficient (Wildman–Crippen LogP) is 0.840. The van der Waals surface area contributed by atoms with E-state index in [1.165, 1.54) is 6.26 Å². The minimum absolute atomic E-state index is 0.646. The van der Waals surface area contributed by atoms with Gasteiger partial charge in [0.05, 0.1) is 0 Å². The quantitative estimate of drug-likeness (QED) is 0.392. The maximum Gasteiger partial charge on any atom is 0.134 e. The van der Waals surface area contributed by atoms with E-state index >= 15 is 0 Å². The van der Waals surface area contributed by atoms with Crippen LogP contribution < -0.4 is 0 Å². The molecule has 0 atom stereocenters. The topological polar surface area (TPSA) is 9.23 Å². The molecule has 1 heteroatoms. The lowest BCUT2D eigenvalue weighted by atomic mass is 10.6. The van der Waals surface area contributed by atoms with Gasteiger partial charge in [-0.05, 0) is 5.73 Å². The van der Waals surface area contributed by atoms with Crippen molar-refractivity contribution in [1.29, 1.82) is 0 Å². The Morgan fingerprint density at radius 1 is 1.50 bits per heavy atom. The van der Waals surface area contributed by atoms with Crippen molar-refractivity contribution < 1.29 is 4.74 Å². The Morgan fingerprint density at radius 2 is 2.50 bits per heavy atom. The SMILES string of the molecule is C1=C=COCC=1. The zero-order valence-electron chi connectivity index (χ0n) is 3.27. The van der Waals surface area contributed by atoms with Gasteiger partial charge in [0.15, 0.2) is 0 Å². The number of hydrogen-bond donors (Lipinski definition) is 0. The van der Waals surface area contributed by atoms with Gasteiger partial charge in [0, 0.05) is 6.08 Å². The highest BCUT2D eigenvalue weighted by molar-refractivity contribution is 4.87. The molecule has 0 spiro atoms. The van der Waals surface area contributed by atoms with E-state index in [-0.39, 0.29) is 0 Å². The summed E-state index contributed by atoms with van der Waals surface area (Å²) in [6.45, 7) is 0.646. The van der Waals surface area contributed by atoms with E-state index in [0.29, 0.717) is 6.61 Å². The van der Waals surface area contributed by atoms with Gasteiger partial charge in [0.25, 0.3) is 0 Å². The molecule has 0 aliphatic carbocycles. The second-order valence-electron chi connectivity index (χ2n) is 0.944. The normalized spacial score (nSPS) is 14.7. The van der Waals surface area contributed by atoms with Crippen molar-refractivity contribution >= 4 is 0 Å². The van der Waals surface area contributed by atoms with Crippen molar-refractivity contribution in [1.82, 2.24) is 0 Å². The first-order valence-corrected chi connectivity index (χ1v) is 1.76. The molecule has 0 unspecified atom stereocenters. The van der Waals surface area contributed by atoms with Gasteiger partial charge in [-0.25, -0.2) is 0 Å². The predicted molar refractivity (Wildman–Crippen MR) is 22.1 cm³/mol. The molecule has 0 saturated heterocycles. The first-order valence-electron chi connectivity index (χ1n) is 1.76. The molecule has 0 bridgehead atoms. The monoisotopic (exact) mass is 80.0 g/mol. The summed E-state index contributed by atoms with van der Waals surface area (Å²) in [4.78, 5) is 0. The van der Waals surface area contributed by atoms with E-state index in [1.807, 2.05) is 0 Å². The van der Waals surface area contributed by atoms with Crippen molar-refractivity contribution in [2.45, 2.75) is 0 Å². The lowest BCUT2D eigenvalue weighted by Gasteiger charge is -1.88. The van der Waals surface area contributed by atoms with E-state index in [1.54, 1.807) is 6.08 Å². The fourth-order valence-electron chi connectivity index (χ4n) is 0.273. The van der Waals surface area contributed by atoms with Crippen LogP contribution in [-0.2, 0) is 4.74 Å². The molecule has 6 heavy (non-hydrogen) atoms. The van der Waals surface area contributed by atoms with Crippen LogP contribution in [0.5, 0.6) is 0 Å². The summed E-state index contributed by atoms with van der Waals surface area (Å²) in [5.74, 6) is 0. The molecule has 0 fully saturated rings. The molecule has 1 rings (SSSR count). The molecule has 1 aliphatic heterocycles. The van der Waals surface area contributed by atoms with E-state index in [4.69, 9.17) is 4.74 Å². The highest BCUT2D eigenvalue weighted by atomic mass is 16.5. The van der Waals surface area contributed by atoms with Gasteiger partial charge in [-0.1, -0.05) is 5.73 Å². The summed E-state index contributed by atoms with van der Waals surface area (Å²) in [6.07, 6.45) is 3.28. The van der Waals surface area contributed by atoms with Crippen molar-refractivity contribution in [3.63, 3.8) is 0 Å². The highest BCUT2D eigenvalue weighted by Crippen LogP contribution is 1.79. The lowest BCUT2D eigenvalue weighted by Crippen LogP contribution is -1.79. The van der Waals surface area contributed by atoms with Crippen molar-refractivity contribution in [3.05, 3.63) is 23.8 Å². The van der Waals surface area contributed by atoms with Gasteiger partial charge >= 0.3 is 0 Å². The molecule has 0 aromatic heterocycles. The summed E-state index contributed by atoms with van der Waals surface area (Å²) < 4.78 is 4.72. The average molecular weight is 80.1 g/mol. The van der Waals surface area contributed by atoms with Gasteiger partial charge in [0.1, 0.15) is 12.9 Å². The van der Waals surface area contributed by atoms with Crippen LogP contribution in [-0.4, -0.2) is 6.61 Å². The van der Waals surface area contributed by atoms with Crippen LogP contribution >= 0.6 is 0 Å². The highest BCUT2D eigenvalue weighted by Gasteiger charge is 1.71. The lowest BCUT2D eigenvalue weighted by molar-refractivity contribution is 0.288.